The average molecular weight is 362 g/mol. The molecule has 126 valence electrons. The smallest absolute Gasteiger partial charge is 0.306 e. The zero-order valence-electron chi connectivity index (χ0n) is 12.4. The van der Waals surface area contributed by atoms with E-state index in [1.807, 2.05) is 0 Å². The molecule has 0 spiro atoms. The Labute approximate surface area is 138 Å². The van der Waals surface area contributed by atoms with Gasteiger partial charge in [0.15, 0.2) is 9.84 Å². The molecule has 0 unspecified atom stereocenters. The van der Waals surface area contributed by atoms with Crippen molar-refractivity contribution in [2.45, 2.75) is 17.4 Å². The van der Waals surface area contributed by atoms with E-state index in [2.05, 4.69) is 0 Å². The maximum atomic E-state index is 12.6. The van der Waals surface area contributed by atoms with Crippen LogP contribution in [0.25, 0.3) is 0 Å². The number of carbonyl (C=O) groups is 2. The number of ether oxygens (including phenoxy) is 1. The van der Waals surface area contributed by atoms with Crippen LogP contribution in [0.2, 0.25) is 5.02 Å². The van der Waals surface area contributed by atoms with Gasteiger partial charge in [-0.2, -0.15) is 0 Å². The van der Waals surface area contributed by atoms with Crippen molar-refractivity contribution < 1.29 is 27.9 Å². The summed E-state index contributed by atoms with van der Waals surface area (Å²) in [7, 11) is -3.46. The van der Waals surface area contributed by atoms with E-state index in [0.29, 0.717) is 0 Å². The van der Waals surface area contributed by atoms with Gasteiger partial charge in [0.05, 0.1) is 34.6 Å². The summed E-state index contributed by atoms with van der Waals surface area (Å²) in [4.78, 5) is 24.7. The summed E-state index contributed by atoms with van der Waals surface area (Å²) in [5, 5.41) is 8.95. The van der Waals surface area contributed by atoms with E-state index in [-0.39, 0.29) is 41.6 Å². The maximum Gasteiger partial charge on any atom is 0.306 e. The number of carboxylic acid groups (broad SMARTS) is 1. The zero-order valence-corrected chi connectivity index (χ0v) is 13.9. The lowest BCUT2D eigenvalue weighted by Gasteiger charge is -2.32. The van der Waals surface area contributed by atoms with Crippen molar-refractivity contribution in [1.82, 2.24) is 4.90 Å². The third-order valence-corrected chi connectivity index (χ3v) is 4.86. The quantitative estimate of drug-likeness (QED) is 0.860. The van der Waals surface area contributed by atoms with E-state index in [0.717, 1.165) is 6.26 Å². The van der Waals surface area contributed by atoms with Crippen molar-refractivity contribution in [2.24, 2.45) is 0 Å². The third kappa shape index (κ3) is 4.43. The van der Waals surface area contributed by atoms with Crippen LogP contribution in [0.5, 0.6) is 0 Å². The SMILES string of the molecule is CS(=O)(=O)c1ccc(Cl)c(C(=O)N2CCO[C@H](CC(=O)O)C2)c1. The minimum absolute atomic E-state index is 0.000551. The molecule has 1 atom stereocenters. The number of benzene rings is 1. The van der Waals surface area contributed by atoms with E-state index < -0.39 is 27.8 Å². The van der Waals surface area contributed by atoms with E-state index in [4.69, 9.17) is 21.4 Å². The Hall–Kier alpha value is -1.64. The highest BCUT2D eigenvalue weighted by atomic mass is 35.5. The standard InChI is InChI=1S/C14H16ClNO6S/c1-23(20,21)10-2-3-12(15)11(7-10)14(19)16-4-5-22-9(8-16)6-13(17)18/h2-3,7,9H,4-6,8H2,1H3,(H,17,18)/t9-/m1/s1. The van der Waals surface area contributed by atoms with Crippen LogP contribution in [0.4, 0.5) is 0 Å². The predicted molar refractivity (Wildman–Crippen MR) is 82.5 cm³/mol. The molecule has 0 radical (unpaired) electrons. The molecular formula is C14H16ClNO6S. The van der Waals surface area contributed by atoms with Crippen LogP contribution in [0.15, 0.2) is 23.1 Å². The number of amides is 1. The van der Waals surface area contributed by atoms with E-state index in [1.54, 1.807) is 0 Å². The summed E-state index contributed by atoms with van der Waals surface area (Å²) < 4.78 is 28.5. The Balaban J connectivity index is 2.24. The normalized spacial score (nSPS) is 18.7. The lowest BCUT2D eigenvalue weighted by atomic mass is 10.1. The van der Waals surface area contributed by atoms with Crippen molar-refractivity contribution in [3.63, 3.8) is 0 Å². The molecule has 0 aromatic heterocycles. The molecule has 1 aliphatic rings. The minimum atomic E-state index is -3.46. The molecule has 1 amide bonds. The first kappa shape index (κ1) is 17.7. The first-order valence-corrected chi connectivity index (χ1v) is 9.07. The van der Waals surface area contributed by atoms with Gasteiger partial charge in [-0.25, -0.2) is 8.42 Å². The van der Waals surface area contributed by atoms with Crippen molar-refractivity contribution in [3.05, 3.63) is 28.8 Å². The number of carbonyl (C=O) groups excluding carboxylic acids is 1. The highest BCUT2D eigenvalue weighted by Gasteiger charge is 2.28. The topological polar surface area (TPSA) is 101 Å². The van der Waals surface area contributed by atoms with Gasteiger partial charge in [-0.1, -0.05) is 11.6 Å². The molecule has 0 aliphatic carbocycles. The molecule has 1 aromatic carbocycles. The van der Waals surface area contributed by atoms with Crippen LogP contribution in [0.3, 0.4) is 0 Å². The fourth-order valence-electron chi connectivity index (χ4n) is 2.29. The van der Waals surface area contributed by atoms with Crippen LogP contribution < -0.4 is 0 Å². The Morgan fingerprint density at radius 2 is 2.13 bits per heavy atom. The molecule has 1 heterocycles. The number of hydrogen-bond acceptors (Lipinski definition) is 5. The first-order chi connectivity index (χ1) is 10.7. The minimum Gasteiger partial charge on any atom is -0.481 e. The number of rotatable bonds is 4. The largest absolute Gasteiger partial charge is 0.481 e. The van der Waals surface area contributed by atoms with Gasteiger partial charge in [0, 0.05) is 19.3 Å². The number of nitrogens with zero attached hydrogens (tertiary/aromatic N) is 1. The Morgan fingerprint density at radius 3 is 2.74 bits per heavy atom. The van der Waals surface area contributed by atoms with Crippen LogP contribution in [-0.2, 0) is 19.4 Å². The summed E-state index contributed by atoms with van der Waals surface area (Å²) in [6, 6.07) is 3.93. The molecule has 1 N–H and O–H groups in total. The van der Waals surface area contributed by atoms with Gasteiger partial charge in [0.2, 0.25) is 0 Å². The van der Waals surface area contributed by atoms with E-state index in [1.165, 1.54) is 23.1 Å². The summed E-state index contributed by atoms with van der Waals surface area (Å²) >= 11 is 6.01. The molecule has 1 fully saturated rings. The third-order valence-electron chi connectivity index (χ3n) is 3.42. The fraction of sp³-hybridized carbons (Fsp3) is 0.429. The molecule has 1 saturated heterocycles. The second kappa shape index (κ2) is 6.86. The van der Waals surface area contributed by atoms with Gasteiger partial charge in [-0.3, -0.25) is 9.59 Å². The number of aliphatic carboxylic acids is 1. The number of hydrogen-bond donors (Lipinski definition) is 1. The molecule has 1 aromatic rings. The molecule has 1 aliphatic heterocycles. The highest BCUT2D eigenvalue weighted by molar-refractivity contribution is 7.90. The average Bonchev–Trinajstić information content (AvgIpc) is 2.45. The highest BCUT2D eigenvalue weighted by Crippen LogP contribution is 2.23. The summed E-state index contributed by atoms with van der Waals surface area (Å²) in [5.74, 6) is -1.46. The van der Waals surface area contributed by atoms with E-state index in [9.17, 15) is 18.0 Å². The number of morpholine rings is 1. The summed E-state index contributed by atoms with van der Waals surface area (Å²) in [5.41, 5.74) is 0.0746. The van der Waals surface area contributed by atoms with Gasteiger partial charge in [0.1, 0.15) is 0 Å². The van der Waals surface area contributed by atoms with Gasteiger partial charge >= 0.3 is 5.97 Å². The molecule has 7 nitrogen and oxygen atoms in total. The van der Waals surface area contributed by atoms with Crippen molar-refractivity contribution in [2.75, 3.05) is 26.0 Å². The zero-order chi connectivity index (χ0) is 17.2. The Bertz CT molecular complexity index is 733. The fourth-order valence-corrected chi connectivity index (χ4v) is 3.14. The van der Waals surface area contributed by atoms with Gasteiger partial charge in [-0.15, -0.1) is 0 Å². The van der Waals surface area contributed by atoms with Gasteiger partial charge in [-0.05, 0) is 18.2 Å². The van der Waals surface area contributed by atoms with Crippen LogP contribution >= 0.6 is 11.6 Å². The maximum absolute atomic E-state index is 12.6. The summed E-state index contributed by atoms with van der Waals surface area (Å²) in [6.07, 6.45) is 0.241. The second-order valence-corrected chi connectivity index (χ2v) is 7.68. The molecule has 2 rings (SSSR count). The molecule has 0 bridgehead atoms. The van der Waals surface area contributed by atoms with Crippen molar-refractivity contribution in [1.29, 1.82) is 0 Å². The predicted octanol–water partition coefficient (Wildman–Crippen LogP) is 1.06. The van der Waals surface area contributed by atoms with E-state index >= 15 is 0 Å². The van der Waals surface area contributed by atoms with Gasteiger partial charge in [0.25, 0.3) is 5.91 Å². The van der Waals surface area contributed by atoms with Gasteiger partial charge < -0.3 is 14.7 Å². The number of halogens is 1. The molecule has 0 saturated carbocycles. The van der Waals surface area contributed by atoms with Crippen LogP contribution in [0.1, 0.15) is 16.8 Å². The summed E-state index contributed by atoms with van der Waals surface area (Å²) in [6.45, 7) is 0.617. The second-order valence-electron chi connectivity index (χ2n) is 5.26. The lowest BCUT2D eigenvalue weighted by Crippen LogP contribution is -2.46. The Kier molecular flexibility index (Phi) is 5.28. The van der Waals surface area contributed by atoms with Crippen molar-refractivity contribution in [3.8, 4) is 0 Å². The monoisotopic (exact) mass is 361 g/mol. The van der Waals surface area contributed by atoms with Crippen molar-refractivity contribution >= 4 is 33.3 Å². The number of carboxylic acids is 1. The molecule has 23 heavy (non-hydrogen) atoms. The first-order valence-electron chi connectivity index (χ1n) is 6.81. The number of sulfone groups is 1. The molecule has 9 heteroatoms. The van der Waals surface area contributed by atoms with Crippen LogP contribution in [0, 0.1) is 0 Å². The van der Waals surface area contributed by atoms with Crippen LogP contribution in [-0.4, -0.2) is 62.4 Å². The molecular weight excluding hydrogens is 346 g/mol. The Morgan fingerprint density at radius 1 is 1.43 bits per heavy atom. The lowest BCUT2D eigenvalue weighted by molar-refractivity contribution is -0.141.